The van der Waals surface area contributed by atoms with Crippen molar-refractivity contribution in [1.82, 2.24) is 0 Å². The second-order valence-electron chi connectivity index (χ2n) is 7.79. The Kier molecular flexibility index (Phi) is 3.69. The summed E-state index contributed by atoms with van der Waals surface area (Å²) in [6.07, 6.45) is 0.941. The normalized spacial score (nSPS) is 11.5. The van der Waals surface area contributed by atoms with Crippen molar-refractivity contribution in [3.05, 3.63) is 109 Å². The fourth-order valence-electron chi connectivity index (χ4n) is 4.60. The number of carbonyl (C=O) groups is 1. The van der Waals surface area contributed by atoms with Gasteiger partial charge in [0.15, 0.2) is 6.29 Å². The van der Waals surface area contributed by atoms with E-state index in [9.17, 15) is 4.79 Å². The molecule has 1 nitrogen and oxygen atoms in total. The summed E-state index contributed by atoms with van der Waals surface area (Å²) in [6, 6.07) is 36.1. The molecule has 0 atom stereocenters. The zero-order valence-corrected chi connectivity index (χ0v) is 16.3. The summed E-state index contributed by atoms with van der Waals surface area (Å²) < 4.78 is 0. The maximum Gasteiger partial charge on any atom is 0.150 e. The van der Waals surface area contributed by atoms with Crippen molar-refractivity contribution in [3.8, 4) is 11.1 Å². The highest BCUT2D eigenvalue weighted by Crippen LogP contribution is 2.36. The Bertz CT molecular complexity index is 1610. The molecule has 0 unspecified atom stereocenters. The number of rotatable bonds is 2. The van der Waals surface area contributed by atoms with Crippen LogP contribution < -0.4 is 0 Å². The van der Waals surface area contributed by atoms with E-state index in [1.807, 2.05) is 24.3 Å². The first-order valence-electron chi connectivity index (χ1n) is 10.1. The molecule has 0 aromatic heterocycles. The molecule has 6 aromatic rings. The van der Waals surface area contributed by atoms with Crippen LogP contribution in [0.3, 0.4) is 0 Å². The van der Waals surface area contributed by atoms with Gasteiger partial charge in [-0.3, -0.25) is 4.79 Å². The van der Waals surface area contributed by atoms with Gasteiger partial charge in [0.05, 0.1) is 0 Å². The minimum Gasteiger partial charge on any atom is -0.298 e. The number of aldehydes is 1. The molecule has 0 aliphatic rings. The average Bonchev–Trinajstić information content (AvgIpc) is 2.81. The first-order valence-corrected chi connectivity index (χ1v) is 10.1. The van der Waals surface area contributed by atoms with E-state index < -0.39 is 0 Å². The first-order chi connectivity index (χ1) is 14.8. The lowest BCUT2D eigenvalue weighted by Crippen LogP contribution is -1.89. The van der Waals surface area contributed by atoms with Crippen LogP contribution in [-0.2, 0) is 0 Å². The molecule has 0 heterocycles. The third-order valence-electron chi connectivity index (χ3n) is 6.08. The van der Waals surface area contributed by atoms with Crippen LogP contribution >= 0.6 is 0 Å². The van der Waals surface area contributed by atoms with Gasteiger partial charge < -0.3 is 0 Å². The van der Waals surface area contributed by atoms with Gasteiger partial charge in [-0.2, -0.15) is 0 Å². The minimum absolute atomic E-state index is 0.717. The molecule has 0 saturated heterocycles. The molecule has 0 aliphatic carbocycles. The van der Waals surface area contributed by atoms with Gasteiger partial charge in [-0.15, -0.1) is 0 Å². The maximum absolute atomic E-state index is 11.6. The Morgan fingerprint density at radius 3 is 1.80 bits per heavy atom. The van der Waals surface area contributed by atoms with Crippen LogP contribution in [-0.4, -0.2) is 6.29 Å². The van der Waals surface area contributed by atoms with Crippen molar-refractivity contribution in [2.24, 2.45) is 0 Å². The van der Waals surface area contributed by atoms with Gasteiger partial charge in [-0.25, -0.2) is 0 Å². The van der Waals surface area contributed by atoms with Gasteiger partial charge in [0, 0.05) is 5.56 Å². The van der Waals surface area contributed by atoms with Crippen molar-refractivity contribution in [1.29, 1.82) is 0 Å². The third kappa shape index (κ3) is 2.53. The molecule has 140 valence electrons. The van der Waals surface area contributed by atoms with Crippen molar-refractivity contribution in [2.45, 2.75) is 0 Å². The maximum atomic E-state index is 11.6. The Morgan fingerprint density at radius 1 is 0.433 bits per heavy atom. The van der Waals surface area contributed by atoms with E-state index in [0.29, 0.717) is 5.56 Å². The van der Waals surface area contributed by atoms with E-state index in [1.54, 1.807) is 0 Å². The summed E-state index contributed by atoms with van der Waals surface area (Å²) in [7, 11) is 0. The molecule has 6 rings (SSSR count). The van der Waals surface area contributed by atoms with Crippen molar-refractivity contribution >= 4 is 49.4 Å². The van der Waals surface area contributed by atoms with E-state index in [2.05, 4.69) is 78.9 Å². The number of hydrogen-bond acceptors (Lipinski definition) is 1. The second kappa shape index (κ2) is 6.53. The third-order valence-corrected chi connectivity index (χ3v) is 6.08. The molecule has 6 aromatic carbocycles. The van der Waals surface area contributed by atoms with Crippen LogP contribution in [0.2, 0.25) is 0 Å². The highest BCUT2D eigenvalue weighted by atomic mass is 16.1. The molecule has 30 heavy (non-hydrogen) atoms. The minimum atomic E-state index is 0.717. The van der Waals surface area contributed by atoms with Crippen LogP contribution in [0.1, 0.15) is 10.4 Å². The van der Waals surface area contributed by atoms with Gasteiger partial charge in [-0.05, 0) is 78.5 Å². The SMILES string of the molecule is O=Cc1ccccc1-c1cccc2cc3ccc4cc5ccccc5cc4c3cc12. The van der Waals surface area contributed by atoms with Gasteiger partial charge in [0.2, 0.25) is 0 Å². The zero-order chi connectivity index (χ0) is 20.1. The van der Waals surface area contributed by atoms with Gasteiger partial charge >= 0.3 is 0 Å². The van der Waals surface area contributed by atoms with Crippen LogP contribution in [0.4, 0.5) is 0 Å². The number of hydrogen-bond donors (Lipinski definition) is 0. The predicted octanol–water partition coefficient (Wildman–Crippen LogP) is 7.78. The Morgan fingerprint density at radius 2 is 1.00 bits per heavy atom. The molecule has 0 bridgehead atoms. The molecule has 0 spiro atoms. The summed E-state index contributed by atoms with van der Waals surface area (Å²) in [6.45, 7) is 0. The lowest BCUT2D eigenvalue weighted by Gasteiger charge is -2.12. The predicted molar refractivity (Wildman–Crippen MR) is 127 cm³/mol. The van der Waals surface area contributed by atoms with Crippen LogP contribution in [0, 0.1) is 0 Å². The van der Waals surface area contributed by atoms with E-state index >= 15 is 0 Å². The molecule has 0 saturated carbocycles. The van der Waals surface area contributed by atoms with Crippen molar-refractivity contribution in [3.63, 3.8) is 0 Å². The summed E-state index contributed by atoms with van der Waals surface area (Å²) >= 11 is 0. The molecule has 0 amide bonds. The van der Waals surface area contributed by atoms with Crippen molar-refractivity contribution in [2.75, 3.05) is 0 Å². The van der Waals surface area contributed by atoms with Gasteiger partial charge in [0.25, 0.3) is 0 Å². The van der Waals surface area contributed by atoms with Gasteiger partial charge in [0.1, 0.15) is 0 Å². The molecule has 0 radical (unpaired) electrons. The molecule has 1 heteroatoms. The number of carbonyl (C=O) groups excluding carboxylic acids is 1. The average molecular weight is 382 g/mol. The monoisotopic (exact) mass is 382 g/mol. The fourth-order valence-corrected chi connectivity index (χ4v) is 4.60. The Hall–Kier alpha value is -3.97. The quantitative estimate of drug-likeness (QED) is 0.170. The van der Waals surface area contributed by atoms with E-state index in [0.717, 1.165) is 17.4 Å². The summed E-state index contributed by atoms with van der Waals surface area (Å²) in [5.74, 6) is 0. The lowest BCUT2D eigenvalue weighted by molar-refractivity contribution is 0.112. The van der Waals surface area contributed by atoms with E-state index in [-0.39, 0.29) is 0 Å². The number of fused-ring (bicyclic) bond motifs is 5. The first kappa shape index (κ1) is 16.9. The molecule has 0 N–H and O–H groups in total. The van der Waals surface area contributed by atoms with Gasteiger partial charge in [-0.1, -0.05) is 78.9 Å². The number of benzene rings is 6. The van der Waals surface area contributed by atoms with Crippen molar-refractivity contribution < 1.29 is 4.79 Å². The van der Waals surface area contributed by atoms with E-state index in [1.165, 1.54) is 43.1 Å². The summed E-state index contributed by atoms with van der Waals surface area (Å²) in [5, 5.41) is 9.81. The second-order valence-corrected chi connectivity index (χ2v) is 7.79. The molecular formula is C29H18O. The molecule has 0 fully saturated rings. The lowest BCUT2D eigenvalue weighted by atomic mass is 9.91. The largest absolute Gasteiger partial charge is 0.298 e. The molecular weight excluding hydrogens is 364 g/mol. The summed E-state index contributed by atoms with van der Waals surface area (Å²) in [5.41, 5.74) is 2.78. The van der Waals surface area contributed by atoms with Crippen LogP contribution in [0.5, 0.6) is 0 Å². The Balaban J connectivity index is 1.74. The van der Waals surface area contributed by atoms with Crippen LogP contribution in [0.25, 0.3) is 54.2 Å². The topological polar surface area (TPSA) is 17.1 Å². The zero-order valence-electron chi connectivity index (χ0n) is 16.3. The molecule has 0 aliphatic heterocycles. The Labute approximate surface area is 174 Å². The smallest absolute Gasteiger partial charge is 0.150 e. The highest BCUT2D eigenvalue weighted by Gasteiger charge is 2.10. The van der Waals surface area contributed by atoms with E-state index in [4.69, 9.17) is 0 Å². The van der Waals surface area contributed by atoms with Crippen LogP contribution in [0.15, 0.2) is 103 Å². The fraction of sp³-hybridized carbons (Fsp3) is 0. The summed E-state index contributed by atoms with van der Waals surface area (Å²) in [4.78, 5) is 11.6. The highest BCUT2D eigenvalue weighted by molar-refractivity contribution is 6.17. The standard InChI is InChI=1S/C29H18O/c30-18-24-8-3-4-10-25(24)26-11-5-9-21-15-23-13-12-22-14-19-6-1-2-7-20(19)16-27(22)29(23)17-28(21)26/h1-18H.